The lowest BCUT2D eigenvalue weighted by atomic mass is 10.2. The van der Waals surface area contributed by atoms with E-state index in [2.05, 4.69) is 39.9 Å². The maximum absolute atomic E-state index is 5.97. The zero-order chi connectivity index (χ0) is 18.2. The first-order valence-electron chi connectivity index (χ1n) is 9.39. The molecule has 0 spiro atoms. The molecular formula is C20H30IN5O. The van der Waals surface area contributed by atoms with Crippen molar-refractivity contribution >= 4 is 29.9 Å². The second-order valence-electron chi connectivity index (χ2n) is 6.85. The number of nitrogens with zero attached hydrogens (tertiary/aromatic N) is 3. The number of nitrogens with one attached hydrogen (secondary N) is 2. The van der Waals surface area contributed by atoms with Crippen molar-refractivity contribution in [3.8, 4) is 5.75 Å². The molecule has 1 heterocycles. The van der Waals surface area contributed by atoms with Crippen LogP contribution in [0.15, 0.2) is 41.7 Å². The summed E-state index contributed by atoms with van der Waals surface area (Å²) in [4.78, 5) is 4.30. The summed E-state index contributed by atoms with van der Waals surface area (Å²) in [5, 5.41) is 11.0. The van der Waals surface area contributed by atoms with Gasteiger partial charge in [-0.05, 0) is 43.7 Å². The summed E-state index contributed by atoms with van der Waals surface area (Å²) in [7, 11) is 1.79. The van der Waals surface area contributed by atoms with Crippen molar-refractivity contribution in [3.63, 3.8) is 0 Å². The molecule has 1 fully saturated rings. The summed E-state index contributed by atoms with van der Waals surface area (Å²) in [5.41, 5.74) is 2.35. The van der Waals surface area contributed by atoms with E-state index in [1.165, 1.54) is 18.4 Å². The zero-order valence-corrected chi connectivity index (χ0v) is 18.5. The predicted molar refractivity (Wildman–Crippen MR) is 120 cm³/mol. The second kappa shape index (κ2) is 11.2. The van der Waals surface area contributed by atoms with Gasteiger partial charge in [0, 0.05) is 38.4 Å². The molecule has 0 aliphatic heterocycles. The molecule has 1 aromatic carbocycles. The van der Waals surface area contributed by atoms with Crippen LogP contribution in [0.3, 0.4) is 0 Å². The van der Waals surface area contributed by atoms with E-state index >= 15 is 0 Å². The van der Waals surface area contributed by atoms with Crippen molar-refractivity contribution in [2.45, 2.75) is 39.3 Å². The Morgan fingerprint density at radius 1 is 1.30 bits per heavy atom. The molecule has 7 heteroatoms. The van der Waals surface area contributed by atoms with Crippen LogP contribution in [0.2, 0.25) is 0 Å². The molecule has 1 aromatic heterocycles. The summed E-state index contributed by atoms with van der Waals surface area (Å²) < 4.78 is 7.94. The van der Waals surface area contributed by atoms with Crippen LogP contribution in [0.4, 0.5) is 0 Å². The average Bonchev–Trinajstić information content (AvgIpc) is 3.40. The summed E-state index contributed by atoms with van der Waals surface area (Å²) >= 11 is 0. The van der Waals surface area contributed by atoms with Gasteiger partial charge in [0.05, 0.1) is 12.8 Å². The van der Waals surface area contributed by atoms with Gasteiger partial charge in [-0.15, -0.1) is 24.0 Å². The molecule has 1 aliphatic rings. The molecule has 0 atom stereocenters. The van der Waals surface area contributed by atoms with Gasteiger partial charge >= 0.3 is 0 Å². The van der Waals surface area contributed by atoms with E-state index in [1.807, 2.05) is 29.1 Å². The van der Waals surface area contributed by atoms with Gasteiger partial charge in [0.2, 0.25) is 0 Å². The van der Waals surface area contributed by atoms with Gasteiger partial charge in [0.1, 0.15) is 5.75 Å². The van der Waals surface area contributed by atoms with E-state index in [1.54, 1.807) is 7.05 Å². The largest absolute Gasteiger partial charge is 0.493 e. The highest BCUT2D eigenvalue weighted by Gasteiger charge is 2.22. The predicted octanol–water partition coefficient (Wildman–Crippen LogP) is 3.35. The van der Waals surface area contributed by atoms with Crippen LogP contribution in [-0.4, -0.2) is 35.9 Å². The van der Waals surface area contributed by atoms with E-state index in [9.17, 15) is 0 Å². The van der Waals surface area contributed by atoms with Crippen LogP contribution in [0.1, 0.15) is 30.4 Å². The van der Waals surface area contributed by atoms with Gasteiger partial charge in [-0.2, -0.15) is 5.10 Å². The Morgan fingerprint density at radius 2 is 2.11 bits per heavy atom. The number of hydrogen-bond acceptors (Lipinski definition) is 3. The maximum Gasteiger partial charge on any atom is 0.191 e. The monoisotopic (exact) mass is 483 g/mol. The first-order valence-corrected chi connectivity index (χ1v) is 9.39. The van der Waals surface area contributed by atoms with Gasteiger partial charge in [-0.1, -0.05) is 18.2 Å². The summed E-state index contributed by atoms with van der Waals surface area (Å²) in [5.74, 6) is 2.53. The van der Waals surface area contributed by atoms with Gasteiger partial charge in [-0.25, -0.2) is 0 Å². The van der Waals surface area contributed by atoms with Crippen molar-refractivity contribution in [2.75, 3.05) is 20.2 Å². The van der Waals surface area contributed by atoms with E-state index in [0.29, 0.717) is 6.54 Å². The lowest BCUT2D eigenvalue weighted by molar-refractivity contribution is 0.296. The van der Waals surface area contributed by atoms with Crippen molar-refractivity contribution in [2.24, 2.45) is 10.9 Å². The van der Waals surface area contributed by atoms with Gasteiger partial charge in [0.15, 0.2) is 5.96 Å². The molecular weight excluding hydrogens is 453 g/mol. The molecule has 0 saturated heterocycles. The Morgan fingerprint density at radius 3 is 2.81 bits per heavy atom. The Labute approximate surface area is 178 Å². The van der Waals surface area contributed by atoms with Crippen molar-refractivity contribution in [3.05, 3.63) is 47.8 Å². The van der Waals surface area contributed by atoms with Crippen LogP contribution in [0.5, 0.6) is 5.75 Å². The molecule has 1 aliphatic carbocycles. The number of para-hydroxylation sites is 1. The molecule has 0 unspecified atom stereocenters. The standard InChI is InChI=1S/C20H29N5O.HI/c1-16-12-24-25(14-16)11-5-10-22-20(21-2)23-13-18-6-3-4-7-19(18)26-15-17-8-9-17;/h3-4,6-7,12,14,17H,5,8-11,13,15H2,1-2H3,(H2,21,22,23);1H. The number of halogens is 1. The Kier molecular flexibility index (Phi) is 8.90. The Hall–Kier alpha value is -1.77. The average molecular weight is 483 g/mol. The Bertz CT molecular complexity index is 727. The van der Waals surface area contributed by atoms with Crippen molar-refractivity contribution in [1.82, 2.24) is 20.4 Å². The quantitative estimate of drug-likeness (QED) is 0.249. The normalized spacial score (nSPS) is 13.8. The number of hydrogen-bond donors (Lipinski definition) is 2. The number of aromatic nitrogens is 2. The first-order chi connectivity index (χ1) is 12.7. The molecule has 2 N–H and O–H groups in total. The molecule has 3 rings (SSSR count). The molecule has 148 valence electrons. The fourth-order valence-corrected chi connectivity index (χ4v) is 2.72. The minimum atomic E-state index is 0. The molecule has 0 amide bonds. The van der Waals surface area contributed by atoms with Gasteiger partial charge in [-0.3, -0.25) is 9.67 Å². The van der Waals surface area contributed by atoms with Crippen LogP contribution < -0.4 is 15.4 Å². The summed E-state index contributed by atoms with van der Waals surface area (Å²) in [6.07, 6.45) is 7.54. The van der Waals surface area contributed by atoms with E-state index in [0.717, 1.165) is 49.3 Å². The lowest BCUT2D eigenvalue weighted by Gasteiger charge is -2.15. The minimum Gasteiger partial charge on any atom is -0.493 e. The van der Waals surface area contributed by atoms with Crippen molar-refractivity contribution < 1.29 is 4.74 Å². The summed E-state index contributed by atoms with van der Waals surface area (Å²) in [6, 6.07) is 8.21. The van der Waals surface area contributed by atoms with Crippen LogP contribution >= 0.6 is 24.0 Å². The van der Waals surface area contributed by atoms with Crippen LogP contribution in [0.25, 0.3) is 0 Å². The van der Waals surface area contributed by atoms with E-state index in [4.69, 9.17) is 4.74 Å². The van der Waals surface area contributed by atoms with Crippen LogP contribution in [-0.2, 0) is 13.1 Å². The number of rotatable bonds is 9. The molecule has 2 aromatic rings. The van der Waals surface area contributed by atoms with Crippen LogP contribution in [0, 0.1) is 12.8 Å². The van der Waals surface area contributed by atoms with E-state index < -0.39 is 0 Å². The fourth-order valence-electron chi connectivity index (χ4n) is 2.72. The van der Waals surface area contributed by atoms with Gasteiger partial charge < -0.3 is 15.4 Å². The number of ether oxygens (including phenoxy) is 1. The van der Waals surface area contributed by atoms with Crippen molar-refractivity contribution in [1.29, 1.82) is 0 Å². The number of benzene rings is 1. The third-order valence-electron chi connectivity index (χ3n) is 4.43. The smallest absolute Gasteiger partial charge is 0.191 e. The topological polar surface area (TPSA) is 63.5 Å². The van der Waals surface area contributed by atoms with Gasteiger partial charge in [0.25, 0.3) is 0 Å². The van der Waals surface area contributed by atoms with E-state index in [-0.39, 0.29) is 24.0 Å². The number of aliphatic imine (C=N–C) groups is 1. The summed E-state index contributed by atoms with van der Waals surface area (Å²) in [6.45, 7) is 5.32. The molecule has 0 radical (unpaired) electrons. The molecule has 27 heavy (non-hydrogen) atoms. The SMILES string of the molecule is CN=C(NCCCn1cc(C)cn1)NCc1ccccc1OCC1CC1.I. The maximum atomic E-state index is 5.97. The second-order valence-corrected chi connectivity index (χ2v) is 6.85. The Balaban J connectivity index is 0.00000261. The highest BCUT2D eigenvalue weighted by Crippen LogP contribution is 2.30. The third kappa shape index (κ3) is 7.40. The molecule has 1 saturated carbocycles. The lowest BCUT2D eigenvalue weighted by Crippen LogP contribution is -2.37. The molecule has 6 nitrogen and oxygen atoms in total. The first kappa shape index (κ1) is 21.5. The number of aryl methyl sites for hydroxylation is 2. The third-order valence-corrected chi connectivity index (χ3v) is 4.43. The fraction of sp³-hybridized carbons (Fsp3) is 0.500. The zero-order valence-electron chi connectivity index (χ0n) is 16.1. The highest BCUT2D eigenvalue weighted by molar-refractivity contribution is 14.0. The number of guanidine groups is 1. The molecule has 0 bridgehead atoms. The minimum absolute atomic E-state index is 0. The highest BCUT2D eigenvalue weighted by atomic mass is 127.